The van der Waals surface area contributed by atoms with Gasteiger partial charge in [0, 0.05) is 0 Å². The second-order valence-corrected chi connectivity index (χ2v) is 3.10. The molecule has 0 heterocycles. The number of allylic oxidation sites excluding steroid dienone is 8. The van der Waals surface area contributed by atoms with E-state index in [-0.39, 0.29) is 0 Å². The van der Waals surface area contributed by atoms with Crippen molar-refractivity contribution in [2.75, 3.05) is 0 Å². The summed E-state index contributed by atoms with van der Waals surface area (Å²) in [4.78, 5) is 0. The van der Waals surface area contributed by atoms with Crippen molar-refractivity contribution >= 4 is 7.28 Å². The van der Waals surface area contributed by atoms with Gasteiger partial charge >= 0.3 is 0 Å². The Morgan fingerprint density at radius 3 is 1.36 bits per heavy atom. The Morgan fingerprint density at radius 2 is 1.00 bits per heavy atom. The van der Waals surface area contributed by atoms with E-state index < -0.39 is 0 Å². The van der Waals surface area contributed by atoms with Gasteiger partial charge in [0.2, 0.25) is 0 Å². The second kappa shape index (κ2) is 2.95. The molecule has 0 saturated heterocycles. The van der Waals surface area contributed by atoms with Crippen LogP contribution in [0.4, 0.5) is 0 Å². The zero-order valence-corrected chi connectivity index (χ0v) is 6.48. The first-order valence-electron chi connectivity index (χ1n) is 4.15. The molecule has 11 heavy (non-hydrogen) atoms. The molecule has 0 aliphatic heterocycles. The molecule has 0 spiro atoms. The molecule has 0 nitrogen and oxygen atoms in total. The average molecular weight is 142 g/mol. The van der Waals surface area contributed by atoms with Crippen LogP contribution >= 0.6 is 0 Å². The normalized spacial score (nSPS) is 22.2. The maximum absolute atomic E-state index is 2.26. The van der Waals surface area contributed by atoms with Crippen LogP contribution < -0.4 is 0 Å². The lowest BCUT2D eigenvalue weighted by molar-refractivity contribution is 1.28. The van der Waals surface area contributed by atoms with Crippen LogP contribution in [0.1, 0.15) is 0 Å². The first kappa shape index (κ1) is 6.72. The standard InChI is InChI=1S/C10H11B/c1-2-6-9(5-1)11-10-7-3-4-8-10/h1-11H. The van der Waals surface area contributed by atoms with Gasteiger partial charge in [-0.2, -0.15) is 0 Å². The fourth-order valence-corrected chi connectivity index (χ4v) is 1.58. The Labute approximate surface area is 68.2 Å². The number of hydrogen-bond donors (Lipinski definition) is 0. The molecule has 54 valence electrons. The molecule has 0 saturated carbocycles. The Morgan fingerprint density at radius 1 is 0.636 bits per heavy atom. The van der Waals surface area contributed by atoms with E-state index in [1.54, 1.807) is 0 Å². The van der Waals surface area contributed by atoms with Gasteiger partial charge in [-0.3, -0.25) is 0 Å². The van der Waals surface area contributed by atoms with Crippen LogP contribution in [0, 0.1) is 0 Å². The summed E-state index contributed by atoms with van der Waals surface area (Å²) in [6.07, 6.45) is 17.6. The highest BCUT2D eigenvalue weighted by Gasteiger charge is 2.12. The highest BCUT2D eigenvalue weighted by atomic mass is 14.0. The summed E-state index contributed by atoms with van der Waals surface area (Å²) in [6.45, 7) is 0. The molecule has 0 aromatic carbocycles. The molecule has 2 aliphatic carbocycles. The third kappa shape index (κ3) is 1.54. The van der Waals surface area contributed by atoms with Crippen molar-refractivity contribution in [1.82, 2.24) is 0 Å². The molecule has 1 heteroatoms. The maximum atomic E-state index is 2.26. The second-order valence-electron chi connectivity index (χ2n) is 3.10. The van der Waals surface area contributed by atoms with Gasteiger partial charge in [-0.05, 0) is 11.6 Å². The molecule has 0 N–H and O–H groups in total. The molecule has 2 rings (SSSR count). The third-order valence-electron chi connectivity index (χ3n) is 2.20. The first-order chi connectivity index (χ1) is 5.45. The summed E-state index contributed by atoms with van der Waals surface area (Å²) < 4.78 is 0. The van der Waals surface area contributed by atoms with Crippen LogP contribution in [0.2, 0.25) is 11.6 Å². The topological polar surface area (TPSA) is 0 Å². The minimum Gasteiger partial charge on any atom is -0.0853 e. The molecule has 0 radical (unpaired) electrons. The van der Waals surface area contributed by atoms with Crippen LogP contribution in [-0.2, 0) is 0 Å². The van der Waals surface area contributed by atoms with Crippen molar-refractivity contribution in [3.8, 4) is 0 Å². The Kier molecular flexibility index (Phi) is 1.80. The van der Waals surface area contributed by atoms with Crippen molar-refractivity contribution in [3.05, 3.63) is 48.6 Å². The monoisotopic (exact) mass is 142 g/mol. The molecule has 0 aromatic rings. The lowest BCUT2D eigenvalue weighted by Crippen LogP contribution is -2.01. The third-order valence-corrected chi connectivity index (χ3v) is 2.20. The molecular weight excluding hydrogens is 131 g/mol. The van der Waals surface area contributed by atoms with Gasteiger partial charge in [0.25, 0.3) is 0 Å². The van der Waals surface area contributed by atoms with Gasteiger partial charge in [-0.15, -0.1) is 0 Å². The van der Waals surface area contributed by atoms with E-state index in [2.05, 4.69) is 48.6 Å². The van der Waals surface area contributed by atoms with Crippen LogP contribution in [0.25, 0.3) is 0 Å². The summed E-state index contributed by atoms with van der Waals surface area (Å²) in [7, 11) is 1.24. The van der Waals surface area contributed by atoms with E-state index in [0.717, 1.165) is 0 Å². The fourth-order valence-electron chi connectivity index (χ4n) is 1.58. The summed E-state index contributed by atoms with van der Waals surface area (Å²) >= 11 is 0. The smallest absolute Gasteiger partial charge is 0.0853 e. The van der Waals surface area contributed by atoms with Gasteiger partial charge in [0.1, 0.15) is 7.28 Å². The predicted molar refractivity (Wildman–Crippen MR) is 51.2 cm³/mol. The molecule has 0 fully saturated rings. The summed E-state index contributed by atoms with van der Waals surface area (Å²) in [5, 5.41) is 0. The fraction of sp³-hybridized carbons (Fsp3) is 0.200. The van der Waals surface area contributed by atoms with Crippen molar-refractivity contribution in [3.63, 3.8) is 0 Å². The Hall–Kier alpha value is -0.975. The Balaban J connectivity index is 1.90. The maximum Gasteiger partial charge on any atom is 0.146 e. The van der Waals surface area contributed by atoms with Crippen molar-refractivity contribution in [1.29, 1.82) is 0 Å². The molecule has 2 aliphatic rings. The number of hydrogen-bond acceptors (Lipinski definition) is 0. The van der Waals surface area contributed by atoms with Gasteiger partial charge in [-0.1, -0.05) is 48.6 Å². The van der Waals surface area contributed by atoms with E-state index in [1.165, 1.54) is 7.28 Å². The highest BCUT2D eigenvalue weighted by Crippen LogP contribution is 2.23. The zero-order chi connectivity index (χ0) is 7.52. The molecule has 0 aromatic heterocycles. The quantitative estimate of drug-likeness (QED) is 0.518. The summed E-state index contributed by atoms with van der Waals surface area (Å²) in [6, 6.07) is 0. The average Bonchev–Trinajstić information content (AvgIpc) is 2.60. The lowest BCUT2D eigenvalue weighted by Gasteiger charge is -2.05. The van der Waals surface area contributed by atoms with Crippen molar-refractivity contribution in [2.24, 2.45) is 0 Å². The van der Waals surface area contributed by atoms with Gasteiger partial charge in [0.05, 0.1) is 0 Å². The zero-order valence-electron chi connectivity index (χ0n) is 6.48. The van der Waals surface area contributed by atoms with Crippen molar-refractivity contribution < 1.29 is 0 Å². The van der Waals surface area contributed by atoms with Crippen LogP contribution in [-0.4, -0.2) is 7.28 Å². The van der Waals surface area contributed by atoms with E-state index >= 15 is 0 Å². The minimum atomic E-state index is 0.674. The lowest BCUT2D eigenvalue weighted by atomic mass is 9.56. The largest absolute Gasteiger partial charge is 0.146 e. The van der Waals surface area contributed by atoms with Crippen LogP contribution in [0.5, 0.6) is 0 Å². The molecule has 0 atom stereocenters. The van der Waals surface area contributed by atoms with E-state index in [0.29, 0.717) is 11.6 Å². The SMILES string of the molecule is B(C1C=CC=C1)C1C=CC=C1. The van der Waals surface area contributed by atoms with Gasteiger partial charge in [0.15, 0.2) is 0 Å². The molecule has 0 amide bonds. The molecule has 0 bridgehead atoms. The molecule has 0 unspecified atom stereocenters. The van der Waals surface area contributed by atoms with E-state index in [4.69, 9.17) is 0 Å². The first-order valence-corrected chi connectivity index (χ1v) is 4.15. The summed E-state index contributed by atoms with van der Waals surface area (Å²) in [5.41, 5.74) is 0. The number of rotatable bonds is 2. The Bertz CT molecular complexity index is 196. The van der Waals surface area contributed by atoms with Crippen molar-refractivity contribution in [2.45, 2.75) is 11.6 Å². The highest BCUT2D eigenvalue weighted by molar-refractivity contribution is 6.43. The van der Waals surface area contributed by atoms with Crippen LogP contribution in [0.15, 0.2) is 48.6 Å². The van der Waals surface area contributed by atoms with Gasteiger partial charge in [-0.25, -0.2) is 0 Å². The van der Waals surface area contributed by atoms with Crippen LogP contribution in [0.3, 0.4) is 0 Å². The molecular formula is C10H11B. The predicted octanol–water partition coefficient (Wildman–Crippen LogP) is 2.25. The minimum absolute atomic E-state index is 0.674. The summed E-state index contributed by atoms with van der Waals surface area (Å²) in [5.74, 6) is 1.35. The van der Waals surface area contributed by atoms with Gasteiger partial charge < -0.3 is 0 Å². The van der Waals surface area contributed by atoms with E-state index in [9.17, 15) is 0 Å². The van der Waals surface area contributed by atoms with E-state index in [1.807, 2.05) is 0 Å².